The van der Waals surface area contributed by atoms with E-state index < -0.39 is 32.7 Å². The van der Waals surface area contributed by atoms with Crippen molar-refractivity contribution in [3.63, 3.8) is 0 Å². The molecule has 2 rings (SSSR count). The molecule has 1 atom stereocenters. The zero-order chi connectivity index (χ0) is 16.7. The number of amides is 1. The number of fused-ring (bicyclic) bond motifs is 1. The average Bonchev–Trinajstić information content (AvgIpc) is 2.78. The van der Waals surface area contributed by atoms with E-state index in [4.69, 9.17) is 0 Å². The van der Waals surface area contributed by atoms with E-state index in [0.717, 1.165) is 18.4 Å². The molecule has 0 radical (unpaired) electrons. The van der Waals surface area contributed by atoms with E-state index in [1.54, 1.807) is 0 Å². The highest BCUT2D eigenvalue weighted by Gasteiger charge is 2.31. The molecule has 0 aliphatic rings. The summed E-state index contributed by atoms with van der Waals surface area (Å²) in [6.45, 7) is 1.18. The van der Waals surface area contributed by atoms with E-state index in [1.807, 2.05) is 0 Å². The highest BCUT2D eigenvalue weighted by Crippen LogP contribution is 2.32. The van der Waals surface area contributed by atoms with Crippen molar-refractivity contribution in [2.45, 2.75) is 18.3 Å². The second-order valence-corrected chi connectivity index (χ2v) is 7.16. The zero-order valence-corrected chi connectivity index (χ0v) is 12.3. The Kier molecular flexibility index (Phi) is 3.90. The summed E-state index contributed by atoms with van der Waals surface area (Å²) < 4.78 is 60.7. The van der Waals surface area contributed by atoms with Crippen molar-refractivity contribution in [1.29, 1.82) is 0 Å². The van der Waals surface area contributed by atoms with Crippen molar-refractivity contribution < 1.29 is 26.4 Å². The van der Waals surface area contributed by atoms with Crippen LogP contribution in [-0.4, -0.2) is 36.0 Å². The number of rotatable bonds is 3. The molecule has 0 saturated heterocycles. The van der Waals surface area contributed by atoms with Crippen LogP contribution in [0, 0.1) is 0 Å². The second-order valence-electron chi connectivity index (χ2n) is 4.79. The Morgan fingerprint density at radius 1 is 1.36 bits per heavy atom. The molecule has 2 aromatic rings. The summed E-state index contributed by atoms with van der Waals surface area (Å²) in [6.07, 6.45) is -3.64. The monoisotopic (exact) mass is 335 g/mol. The molecule has 1 aromatic carbocycles. The van der Waals surface area contributed by atoms with Gasteiger partial charge < -0.3 is 5.32 Å². The number of alkyl halides is 3. The molecule has 0 aliphatic heterocycles. The number of hydrogen-bond donors (Lipinski definition) is 2. The number of nitrogens with zero attached hydrogens (tertiary/aromatic N) is 1. The summed E-state index contributed by atoms with van der Waals surface area (Å²) >= 11 is 0. The van der Waals surface area contributed by atoms with Crippen molar-refractivity contribution in [2.75, 3.05) is 11.6 Å². The third-order valence-corrected chi connectivity index (χ3v) is 4.64. The molecule has 10 heteroatoms. The highest BCUT2D eigenvalue weighted by molar-refractivity contribution is 7.92. The molecule has 0 spiro atoms. The first-order valence-electron chi connectivity index (χ1n) is 6.05. The molecule has 0 fully saturated rings. The van der Waals surface area contributed by atoms with Gasteiger partial charge in [0, 0.05) is 11.6 Å². The number of halogens is 3. The smallest absolute Gasteiger partial charge is 0.308 e. The first-order chi connectivity index (χ1) is 10.00. The number of aromatic nitrogens is 2. The van der Waals surface area contributed by atoms with Crippen molar-refractivity contribution in [2.24, 2.45) is 0 Å². The number of benzene rings is 1. The molecule has 6 nitrogen and oxygen atoms in total. The number of anilines is 1. The molecule has 1 heterocycles. The van der Waals surface area contributed by atoms with E-state index in [9.17, 15) is 26.4 Å². The predicted molar refractivity (Wildman–Crippen MR) is 74.0 cm³/mol. The summed E-state index contributed by atoms with van der Waals surface area (Å²) in [5.41, 5.74) is -0.608. The van der Waals surface area contributed by atoms with E-state index in [1.165, 1.54) is 13.0 Å². The predicted octanol–water partition coefficient (Wildman–Crippen LogP) is 1.95. The van der Waals surface area contributed by atoms with Crippen LogP contribution >= 0.6 is 0 Å². The van der Waals surface area contributed by atoms with E-state index in [2.05, 4.69) is 15.5 Å². The Labute approximate surface area is 123 Å². The van der Waals surface area contributed by atoms with Crippen LogP contribution in [0.1, 0.15) is 12.5 Å². The molecule has 1 aromatic heterocycles. The number of aromatic amines is 1. The van der Waals surface area contributed by atoms with Gasteiger partial charge in [0.1, 0.15) is 5.25 Å². The fraction of sp³-hybridized carbons (Fsp3) is 0.333. The highest BCUT2D eigenvalue weighted by atomic mass is 32.2. The number of nitrogens with one attached hydrogen (secondary N) is 2. The molecule has 22 heavy (non-hydrogen) atoms. The summed E-state index contributed by atoms with van der Waals surface area (Å²) in [5.74, 6) is -1.02. The molecule has 120 valence electrons. The van der Waals surface area contributed by atoms with Gasteiger partial charge in [-0.25, -0.2) is 8.42 Å². The standard InChI is InChI=1S/C12H12F3N3O3S/c1-6(22(2,20)21)11(19)16-10-8-5-7(12(13,14)15)3-4-9(8)17-18-10/h3-6H,1-2H3,(H2,16,17,18,19). The van der Waals surface area contributed by atoms with Gasteiger partial charge in [-0.05, 0) is 25.1 Å². The maximum atomic E-state index is 12.7. The van der Waals surface area contributed by atoms with E-state index in [-0.39, 0.29) is 16.7 Å². The van der Waals surface area contributed by atoms with Gasteiger partial charge >= 0.3 is 6.18 Å². The number of carbonyl (C=O) groups excluding carboxylic acids is 1. The first kappa shape index (κ1) is 16.3. The Hall–Kier alpha value is -2.10. The van der Waals surface area contributed by atoms with Crippen LogP contribution in [0.2, 0.25) is 0 Å². The third-order valence-electron chi connectivity index (χ3n) is 3.14. The van der Waals surface area contributed by atoms with Gasteiger partial charge in [0.25, 0.3) is 0 Å². The van der Waals surface area contributed by atoms with Crippen LogP contribution in [0.25, 0.3) is 10.9 Å². The second kappa shape index (κ2) is 5.27. The fourth-order valence-corrected chi connectivity index (χ4v) is 2.15. The Morgan fingerprint density at radius 3 is 2.55 bits per heavy atom. The quantitative estimate of drug-likeness (QED) is 0.897. The SMILES string of the molecule is CC(C(=O)Nc1n[nH]c2ccc(C(F)(F)F)cc12)S(C)(=O)=O. The number of H-pyrrole nitrogens is 1. The molecular formula is C12H12F3N3O3S. The van der Waals surface area contributed by atoms with Crippen LogP contribution in [0.5, 0.6) is 0 Å². The molecule has 1 amide bonds. The lowest BCUT2D eigenvalue weighted by Gasteiger charge is -2.09. The van der Waals surface area contributed by atoms with Crippen LogP contribution in [0.4, 0.5) is 19.0 Å². The van der Waals surface area contributed by atoms with Gasteiger partial charge in [0.05, 0.1) is 11.1 Å². The maximum absolute atomic E-state index is 12.7. The number of hydrogen-bond acceptors (Lipinski definition) is 4. The summed E-state index contributed by atoms with van der Waals surface area (Å²) in [4.78, 5) is 11.8. The van der Waals surface area contributed by atoms with Crippen LogP contribution in [0.15, 0.2) is 18.2 Å². The zero-order valence-electron chi connectivity index (χ0n) is 11.5. The lowest BCUT2D eigenvalue weighted by atomic mass is 10.1. The van der Waals surface area contributed by atoms with E-state index >= 15 is 0 Å². The van der Waals surface area contributed by atoms with Crippen LogP contribution < -0.4 is 5.32 Å². The fourth-order valence-electron chi connectivity index (χ4n) is 1.70. The van der Waals surface area contributed by atoms with Gasteiger partial charge in [0.15, 0.2) is 15.7 Å². The maximum Gasteiger partial charge on any atom is 0.416 e. The minimum atomic E-state index is -4.53. The third kappa shape index (κ3) is 3.21. The molecule has 2 N–H and O–H groups in total. The molecule has 0 bridgehead atoms. The first-order valence-corrected chi connectivity index (χ1v) is 8.00. The topological polar surface area (TPSA) is 91.9 Å². The number of sulfone groups is 1. The molecule has 1 unspecified atom stereocenters. The molecule has 0 aliphatic carbocycles. The van der Waals surface area contributed by atoms with Gasteiger partial charge in [-0.3, -0.25) is 9.89 Å². The van der Waals surface area contributed by atoms with Gasteiger partial charge in [-0.1, -0.05) is 0 Å². The Balaban J connectivity index is 2.38. The van der Waals surface area contributed by atoms with Crippen LogP contribution in [-0.2, 0) is 20.8 Å². The van der Waals surface area contributed by atoms with E-state index in [0.29, 0.717) is 0 Å². The lowest BCUT2D eigenvalue weighted by molar-refractivity contribution is -0.137. The van der Waals surface area contributed by atoms with Crippen molar-refractivity contribution in [3.05, 3.63) is 23.8 Å². The van der Waals surface area contributed by atoms with Gasteiger partial charge in [-0.15, -0.1) is 0 Å². The minimum Gasteiger partial charge on any atom is -0.308 e. The van der Waals surface area contributed by atoms with Gasteiger partial charge in [-0.2, -0.15) is 18.3 Å². The minimum absolute atomic E-state index is 0.0453. The molecule has 0 saturated carbocycles. The van der Waals surface area contributed by atoms with Crippen molar-refractivity contribution >= 4 is 32.5 Å². The summed E-state index contributed by atoms with van der Waals surface area (Å²) in [7, 11) is -3.62. The summed E-state index contributed by atoms with van der Waals surface area (Å²) in [5, 5.41) is 7.10. The number of carbonyl (C=O) groups is 1. The largest absolute Gasteiger partial charge is 0.416 e. The lowest BCUT2D eigenvalue weighted by Crippen LogP contribution is -2.31. The normalized spacial score (nSPS) is 14.0. The molecular weight excluding hydrogens is 323 g/mol. The van der Waals surface area contributed by atoms with Crippen molar-refractivity contribution in [3.8, 4) is 0 Å². The van der Waals surface area contributed by atoms with Crippen LogP contribution in [0.3, 0.4) is 0 Å². The Bertz CT molecular complexity index is 827. The average molecular weight is 335 g/mol. The van der Waals surface area contributed by atoms with Crippen molar-refractivity contribution in [1.82, 2.24) is 10.2 Å². The Morgan fingerprint density at radius 2 is 2.00 bits per heavy atom. The van der Waals surface area contributed by atoms with Gasteiger partial charge in [0.2, 0.25) is 5.91 Å². The summed E-state index contributed by atoms with van der Waals surface area (Å²) in [6, 6.07) is 2.89.